The van der Waals surface area contributed by atoms with Crippen molar-refractivity contribution in [3.05, 3.63) is 71.3 Å². The van der Waals surface area contributed by atoms with Crippen molar-refractivity contribution in [3.8, 4) is 6.07 Å². The summed E-state index contributed by atoms with van der Waals surface area (Å²) in [5, 5.41) is 7.32. The summed E-state index contributed by atoms with van der Waals surface area (Å²) in [4.78, 5) is 2.56. The summed E-state index contributed by atoms with van der Waals surface area (Å²) in [7, 11) is 0. The molecule has 0 N–H and O–H groups in total. The number of rotatable bonds is 10. The lowest BCUT2D eigenvalue weighted by Gasteiger charge is -2.21. The number of nitriles is 1. The molecule has 2 atom stereocenters. The molecule has 2 aromatic rings. The lowest BCUT2D eigenvalue weighted by atomic mass is 9.96. The third-order valence-electron chi connectivity index (χ3n) is 5.90. The predicted molar refractivity (Wildman–Crippen MR) is 125 cm³/mol. The molecule has 0 bridgehead atoms. The fourth-order valence-corrected chi connectivity index (χ4v) is 4.25. The molecule has 0 spiro atoms. The molecule has 1 aliphatic rings. The first-order chi connectivity index (χ1) is 15.1. The topological polar surface area (TPSA) is 27.0 Å². The monoisotopic (exact) mass is 426 g/mol. The van der Waals surface area contributed by atoms with Crippen LogP contribution in [-0.4, -0.2) is 36.9 Å². The second kappa shape index (κ2) is 13.9. The van der Waals surface area contributed by atoms with Gasteiger partial charge in [0, 0.05) is 13.5 Å². The number of hydrogen-bond donors (Lipinski definition) is 0. The van der Waals surface area contributed by atoms with Gasteiger partial charge in [0.2, 0.25) is 0 Å². The Morgan fingerprint density at radius 3 is 2.03 bits per heavy atom. The molecule has 0 heterocycles. The molecular weight excluding hydrogens is 390 g/mol. The van der Waals surface area contributed by atoms with E-state index >= 15 is 0 Å². The van der Waals surface area contributed by atoms with Crippen LogP contribution in [0.4, 0.5) is 8.78 Å². The number of hydrogen-bond acceptors (Lipinski definition) is 2. The summed E-state index contributed by atoms with van der Waals surface area (Å²) in [6, 6.07) is 20.9. The number of halogens is 2. The van der Waals surface area contributed by atoms with Crippen LogP contribution in [0.1, 0.15) is 62.1 Å². The van der Waals surface area contributed by atoms with Crippen LogP contribution in [0.5, 0.6) is 0 Å². The zero-order chi connectivity index (χ0) is 22.5. The highest BCUT2D eigenvalue weighted by molar-refractivity contribution is 5.27. The van der Waals surface area contributed by atoms with E-state index in [-0.39, 0.29) is 5.92 Å². The zero-order valence-corrected chi connectivity index (χ0v) is 18.9. The third kappa shape index (κ3) is 8.79. The van der Waals surface area contributed by atoms with Crippen molar-refractivity contribution in [1.29, 1.82) is 5.26 Å². The minimum atomic E-state index is -1.29. The standard InChI is InChI=1S/C25H33F2N.C2H3N/c1-2-15-28(17-14-20-7-4-3-5-8-20)16-6-9-21-10-12-22(13-11-21)23-18-24(26)25(27)19-23;1-2-3/h3-5,7-8,10-13,23-25H,2,6,9,14-19H2,1H3;1H3. The van der Waals surface area contributed by atoms with Gasteiger partial charge >= 0.3 is 0 Å². The van der Waals surface area contributed by atoms with Gasteiger partial charge in [-0.3, -0.25) is 0 Å². The Bertz CT molecular complexity index is 760. The lowest BCUT2D eigenvalue weighted by Crippen LogP contribution is -2.28. The van der Waals surface area contributed by atoms with Gasteiger partial charge < -0.3 is 4.90 Å². The first-order valence-electron chi connectivity index (χ1n) is 11.5. The summed E-state index contributed by atoms with van der Waals surface area (Å²) in [6.45, 7) is 7.02. The maximum atomic E-state index is 13.4. The summed E-state index contributed by atoms with van der Waals surface area (Å²) in [5.41, 5.74) is 3.80. The van der Waals surface area contributed by atoms with Crippen molar-refractivity contribution >= 4 is 0 Å². The van der Waals surface area contributed by atoms with E-state index in [9.17, 15) is 8.78 Å². The summed E-state index contributed by atoms with van der Waals surface area (Å²) < 4.78 is 26.9. The van der Waals surface area contributed by atoms with Crippen LogP contribution in [0.25, 0.3) is 0 Å². The second-order valence-corrected chi connectivity index (χ2v) is 8.35. The molecule has 2 unspecified atom stereocenters. The van der Waals surface area contributed by atoms with Gasteiger partial charge in [-0.1, -0.05) is 61.5 Å². The van der Waals surface area contributed by atoms with Gasteiger partial charge in [-0.05, 0) is 74.2 Å². The average Bonchev–Trinajstić information content (AvgIpc) is 3.12. The number of alkyl halides is 2. The normalized spacial score (nSPS) is 20.2. The fraction of sp³-hybridized carbons (Fsp3) is 0.519. The van der Waals surface area contributed by atoms with E-state index in [1.165, 1.54) is 24.5 Å². The Balaban J connectivity index is 0.00000107. The van der Waals surface area contributed by atoms with Gasteiger partial charge in [-0.2, -0.15) is 5.26 Å². The molecule has 0 aromatic heterocycles. The van der Waals surface area contributed by atoms with Gasteiger partial charge in [-0.25, -0.2) is 8.78 Å². The molecule has 31 heavy (non-hydrogen) atoms. The summed E-state index contributed by atoms with van der Waals surface area (Å²) >= 11 is 0. The van der Waals surface area contributed by atoms with Crippen molar-refractivity contribution in [3.63, 3.8) is 0 Å². The molecule has 2 nitrogen and oxygen atoms in total. The highest BCUT2D eigenvalue weighted by Gasteiger charge is 2.35. The van der Waals surface area contributed by atoms with E-state index in [1.807, 2.05) is 0 Å². The van der Waals surface area contributed by atoms with Crippen molar-refractivity contribution in [1.82, 2.24) is 4.90 Å². The molecule has 1 saturated carbocycles. The van der Waals surface area contributed by atoms with Crippen molar-refractivity contribution in [2.24, 2.45) is 0 Å². The van der Waals surface area contributed by atoms with E-state index in [0.29, 0.717) is 12.8 Å². The first kappa shape index (κ1) is 25.0. The van der Waals surface area contributed by atoms with E-state index < -0.39 is 12.3 Å². The Hall–Kier alpha value is -2.25. The summed E-state index contributed by atoms with van der Waals surface area (Å²) in [6.07, 6.45) is 2.54. The van der Waals surface area contributed by atoms with Crippen molar-refractivity contribution in [2.45, 2.75) is 70.6 Å². The van der Waals surface area contributed by atoms with E-state index in [0.717, 1.165) is 44.5 Å². The molecule has 0 amide bonds. The minimum absolute atomic E-state index is 0.0390. The summed E-state index contributed by atoms with van der Waals surface area (Å²) in [5.74, 6) is 0.0390. The maximum absolute atomic E-state index is 13.4. The molecule has 3 rings (SSSR count). The van der Waals surface area contributed by atoms with Gasteiger partial charge in [0.05, 0.1) is 6.07 Å². The van der Waals surface area contributed by atoms with Crippen LogP contribution >= 0.6 is 0 Å². The van der Waals surface area contributed by atoms with Crippen LogP contribution < -0.4 is 0 Å². The van der Waals surface area contributed by atoms with Crippen LogP contribution in [0, 0.1) is 11.3 Å². The second-order valence-electron chi connectivity index (χ2n) is 8.35. The molecule has 0 saturated heterocycles. The molecule has 0 aliphatic heterocycles. The van der Waals surface area contributed by atoms with Crippen molar-refractivity contribution in [2.75, 3.05) is 19.6 Å². The number of benzene rings is 2. The van der Waals surface area contributed by atoms with E-state index in [2.05, 4.69) is 66.4 Å². The predicted octanol–water partition coefficient (Wildman–Crippen LogP) is 6.66. The Morgan fingerprint density at radius 2 is 1.45 bits per heavy atom. The van der Waals surface area contributed by atoms with E-state index in [1.54, 1.807) is 6.07 Å². The molecule has 168 valence electrons. The van der Waals surface area contributed by atoms with Crippen LogP contribution in [0.2, 0.25) is 0 Å². The highest BCUT2D eigenvalue weighted by Crippen LogP contribution is 2.38. The molecular formula is C27H36F2N2. The number of aryl methyl sites for hydroxylation is 1. The van der Waals surface area contributed by atoms with Crippen LogP contribution in [0.15, 0.2) is 54.6 Å². The van der Waals surface area contributed by atoms with Crippen molar-refractivity contribution < 1.29 is 8.78 Å². The Kier molecular flexibility index (Phi) is 11.2. The lowest BCUT2D eigenvalue weighted by molar-refractivity contribution is 0.199. The SMILES string of the molecule is CC#N.CCCN(CCCc1ccc(C2CC(F)C(F)C2)cc1)CCc1ccccc1. The molecule has 4 heteroatoms. The van der Waals surface area contributed by atoms with Crippen LogP contribution in [0.3, 0.4) is 0 Å². The average molecular weight is 427 g/mol. The fourth-order valence-electron chi connectivity index (χ4n) is 4.25. The zero-order valence-electron chi connectivity index (χ0n) is 18.9. The molecule has 2 aromatic carbocycles. The van der Waals surface area contributed by atoms with E-state index in [4.69, 9.17) is 5.26 Å². The molecule has 1 aliphatic carbocycles. The quantitative estimate of drug-likeness (QED) is 0.425. The maximum Gasteiger partial charge on any atom is 0.132 e. The smallest absolute Gasteiger partial charge is 0.132 e. The molecule has 0 radical (unpaired) electrons. The number of nitrogens with zero attached hydrogens (tertiary/aromatic N) is 2. The Morgan fingerprint density at radius 1 is 0.871 bits per heavy atom. The first-order valence-corrected chi connectivity index (χ1v) is 11.5. The largest absolute Gasteiger partial charge is 0.303 e. The van der Waals surface area contributed by atoms with Crippen LogP contribution in [-0.2, 0) is 12.8 Å². The van der Waals surface area contributed by atoms with Gasteiger partial charge in [0.25, 0.3) is 0 Å². The highest BCUT2D eigenvalue weighted by atomic mass is 19.2. The van der Waals surface area contributed by atoms with Gasteiger partial charge in [0.15, 0.2) is 0 Å². The van der Waals surface area contributed by atoms with Gasteiger partial charge in [-0.15, -0.1) is 0 Å². The third-order valence-corrected chi connectivity index (χ3v) is 5.90. The Labute approximate surface area is 186 Å². The van der Waals surface area contributed by atoms with Gasteiger partial charge in [0.1, 0.15) is 12.3 Å². The minimum Gasteiger partial charge on any atom is -0.303 e. The molecule has 1 fully saturated rings.